The Labute approximate surface area is 232 Å². The molecule has 11 heteroatoms. The number of ether oxygens (including phenoxy) is 1. The lowest BCUT2D eigenvalue weighted by molar-refractivity contribution is -0.117. The number of methoxy groups -OCH3 is 1. The summed E-state index contributed by atoms with van der Waals surface area (Å²) in [5.41, 5.74) is 1.86. The largest absolute Gasteiger partial charge is 0.497 e. The number of amides is 2. The second kappa shape index (κ2) is 11.7. The van der Waals surface area contributed by atoms with Gasteiger partial charge in [0, 0.05) is 60.8 Å². The van der Waals surface area contributed by atoms with Gasteiger partial charge in [-0.15, -0.1) is 0 Å². The number of hydrogen-bond donors (Lipinski definition) is 2. The summed E-state index contributed by atoms with van der Waals surface area (Å²) in [5.74, 6) is 0.385. The summed E-state index contributed by atoms with van der Waals surface area (Å²) < 4.78 is 33.9. The quantitative estimate of drug-likeness (QED) is 0.339. The monoisotopic (exact) mass is 559 g/mol. The lowest BCUT2D eigenvalue weighted by atomic mass is 10.1. The molecule has 0 aliphatic carbocycles. The van der Waals surface area contributed by atoms with Crippen LogP contribution in [0.15, 0.2) is 90.0 Å². The van der Waals surface area contributed by atoms with Crippen molar-refractivity contribution in [1.29, 1.82) is 0 Å². The van der Waals surface area contributed by atoms with E-state index in [1.807, 2.05) is 17.0 Å². The maximum Gasteiger partial charge on any atom is 0.264 e. The Morgan fingerprint density at radius 3 is 2.38 bits per heavy atom. The second-order valence-corrected chi connectivity index (χ2v) is 11.0. The molecule has 4 aromatic rings. The number of sulfonamides is 1. The number of piperazine rings is 1. The third-order valence-electron chi connectivity index (χ3n) is 6.65. The number of anilines is 2. The van der Waals surface area contributed by atoms with Crippen molar-refractivity contribution in [2.24, 2.45) is 0 Å². The van der Waals surface area contributed by atoms with Gasteiger partial charge in [0.05, 0.1) is 19.2 Å². The molecule has 0 bridgehead atoms. The zero-order chi connectivity index (χ0) is 28.1. The fourth-order valence-electron chi connectivity index (χ4n) is 4.58. The van der Waals surface area contributed by atoms with Gasteiger partial charge in [0.1, 0.15) is 10.6 Å². The van der Waals surface area contributed by atoms with Gasteiger partial charge < -0.3 is 15.0 Å². The highest BCUT2D eigenvalue weighted by atomic mass is 32.2. The van der Waals surface area contributed by atoms with Crippen LogP contribution in [0, 0.1) is 0 Å². The van der Waals surface area contributed by atoms with Crippen molar-refractivity contribution >= 4 is 44.1 Å². The van der Waals surface area contributed by atoms with Crippen LogP contribution in [-0.2, 0) is 14.8 Å². The summed E-state index contributed by atoms with van der Waals surface area (Å²) in [7, 11) is -2.31. The number of carbonyl (C=O) groups is 2. The highest BCUT2D eigenvalue weighted by molar-refractivity contribution is 7.93. The molecule has 2 heterocycles. The first-order chi connectivity index (χ1) is 19.3. The summed E-state index contributed by atoms with van der Waals surface area (Å²) in [4.78, 5) is 33.6. The summed E-state index contributed by atoms with van der Waals surface area (Å²) >= 11 is 0. The van der Waals surface area contributed by atoms with E-state index in [1.165, 1.54) is 6.07 Å². The van der Waals surface area contributed by atoms with Gasteiger partial charge in [-0.3, -0.25) is 24.2 Å². The molecule has 1 aromatic heterocycles. The SMILES string of the molecule is COc1cccc(NC(=O)CN2CCN(C(=O)c3ccc(NS(=O)(=O)c4cccc5cccnc45)cc3)CC2)c1. The lowest BCUT2D eigenvalue weighted by Crippen LogP contribution is -2.50. The molecule has 2 N–H and O–H groups in total. The number of aromatic nitrogens is 1. The molecule has 10 nitrogen and oxygen atoms in total. The van der Waals surface area contributed by atoms with E-state index in [2.05, 4.69) is 15.0 Å². The molecular weight excluding hydrogens is 530 g/mol. The van der Waals surface area contributed by atoms with Crippen molar-refractivity contribution in [2.75, 3.05) is 49.9 Å². The number of carbonyl (C=O) groups excluding carboxylic acids is 2. The van der Waals surface area contributed by atoms with Crippen LogP contribution in [-0.4, -0.2) is 74.8 Å². The van der Waals surface area contributed by atoms with E-state index in [-0.39, 0.29) is 23.3 Å². The van der Waals surface area contributed by atoms with Crippen molar-refractivity contribution < 1.29 is 22.7 Å². The summed E-state index contributed by atoms with van der Waals surface area (Å²) in [5, 5.41) is 3.60. The Morgan fingerprint density at radius 2 is 1.62 bits per heavy atom. The van der Waals surface area contributed by atoms with Crippen molar-refractivity contribution in [2.45, 2.75) is 4.90 Å². The summed E-state index contributed by atoms with van der Waals surface area (Å²) in [6, 6.07) is 22.1. The Balaban J connectivity index is 1.15. The second-order valence-electron chi connectivity index (χ2n) is 9.36. The zero-order valence-electron chi connectivity index (χ0n) is 21.9. The zero-order valence-corrected chi connectivity index (χ0v) is 22.7. The molecule has 1 aliphatic heterocycles. The highest BCUT2D eigenvalue weighted by Crippen LogP contribution is 2.24. The van der Waals surface area contributed by atoms with E-state index in [1.54, 1.807) is 78.9 Å². The first-order valence-corrected chi connectivity index (χ1v) is 14.2. The molecule has 5 rings (SSSR count). The number of para-hydroxylation sites is 1. The maximum atomic E-state index is 13.1. The topological polar surface area (TPSA) is 121 Å². The Morgan fingerprint density at radius 1 is 0.900 bits per heavy atom. The fraction of sp³-hybridized carbons (Fsp3) is 0.207. The van der Waals surface area contributed by atoms with Crippen LogP contribution in [0.1, 0.15) is 10.4 Å². The number of benzene rings is 3. The molecule has 1 saturated heterocycles. The molecule has 1 aliphatic rings. The van der Waals surface area contributed by atoms with Gasteiger partial charge in [0.2, 0.25) is 5.91 Å². The molecular formula is C29H29N5O5S. The van der Waals surface area contributed by atoms with Crippen LogP contribution in [0.2, 0.25) is 0 Å². The van der Waals surface area contributed by atoms with E-state index >= 15 is 0 Å². The van der Waals surface area contributed by atoms with E-state index < -0.39 is 10.0 Å². The van der Waals surface area contributed by atoms with Crippen molar-refractivity contribution in [3.05, 3.63) is 90.6 Å². The first kappa shape index (κ1) is 27.1. The molecule has 0 unspecified atom stereocenters. The minimum atomic E-state index is -3.89. The molecule has 206 valence electrons. The van der Waals surface area contributed by atoms with Crippen LogP contribution in [0.4, 0.5) is 11.4 Å². The Bertz CT molecular complexity index is 1630. The van der Waals surface area contributed by atoms with Crippen LogP contribution in [0.5, 0.6) is 5.75 Å². The van der Waals surface area contributed by atoms with Gasteiger partial charge in [-0.2, -0.15) is 0 Å². The van der Waals surface area contributed by atoms with Gasteiger partial charge in [0.15, 0.2) is 0 Å². The van der Waals surface area contributed by atoms with Gasteiger partial charge in [0.25, 0.3) is 15.9 Å². The number of nitrogens with one attached hydrogen (secondary N) is 2. The number of pyridine rings is 1. The molecule has 0 radical (unpaired) electrons. The molecule has 2 amide bonds. The third kappa shape index (κ3) is 6.22. The van der Waals surface area contributed by atoms with Gasteiger partial charge >= 0.3 is 0 Å². The average molecular weight is 560 g/mol. The minimum absolute atomic E-state index is 0.0841. The fourth-order valence-corrected chi connectivity index (χ4v) is 5.82. The normalized spacial score (nSPS) is 14.1. The number of fused-ring (bicyclic) bond motifs is 1. The standard InChI is InChI=1S/C29H29N5O5S/c1-39-25-8-3-7-24(19-25)31-27(35)20-33-15-17-34(18-16-33)29(36)22-10-12-23(13-11-22)32-40(37,38)26-9-2-5-21-6-4-14-30-28(21)26/h2-14,19,32H,15-18,20H2,1H3,(H,31,35). The maximum absolute atomic E-state index is 13.1. The van der Waals surface area contributed by atoms with Crippen LogP contribution in [0.25, 0.3) is 10.9 Å². The average Bonchev–Trinajstić information content (AvgIpc) is 2.97. The van der Waals surface area contributed by atoms with Crippen molar-refractivity contribution in [3.8, 4) is 5.75 Å². The van der Waals surface area contributed by atoms with E-state index in [9.17, 15) is 18.0 Å². The van der Waals surface area contributed by atoms with Crippen LogP contribution in [0.3, 0.4) is 0 Å². The van der Waals surface area contributed by atoms with Crippen molar-refractivity contribution in [1.82, 2.24) is 14.8 Å². The van der Waals surface area contributed by atoms with E-state index in [0.717, 1.165) is 5.39 Å². The number of nitrogens with zero attached hydrogens (tertiary/aromatic N) is 3. The Hall–Kier alpha value is -4.48. The number of rotatable bonds is 8. The predicted molar refractivity (Wildman–Crippen MR) is 153 cm³/mol. The van der Waals surface area contributed by atoms with Crippen LogP contribution < -0.4 is 14.8 Å². The smallest absolute Gasteiger partial charge is 0.264 e. The summed E-state index contributed by atoms with van der Waals surface area (Å²) in [6.07, 6.45) is 1.55. The van der Waals surface area contributed by atoms with Gasteiger partial charge in [-0.25, -0.2) is 8.42 Å². The molecule has 40 heavy (non-hydrogen) atoms. The third-order valence-corrected chi connectivity index (χ3v) is 8.06. The van der Waals surface area contributed by atoms with Crippen LogP contribution >= 0.6 is 0 Å². The van der Waals surface area contributed by atoms with E-state index in [4.69, 9.17) is 4.74 Å². The highest BCUT2D eigenvalue weighted by Gasteiger charge is 2.24. The lowest BCUT2D eigenvalue weighted by Gasteiger charge is -2.34. The molecule has 0 spiro atoms. The van der Waals surface area contributed by atoms with Gasteiger partial charge in [-0.1, -0.05) is 24.3 Å². The van der Waals surface area contributed by atoms with E-state index in [0.29, 0.717) is 54.4 Å². The molecule has 3 aromatic carbocycles. The van der Waals surface area contributed by atoms with Gasteiger partial charge in [-0.05, 0) is 48.5 Å². The Kier molecular flexibility index (Phi) is 7.94. The molecule has 1 fully saturated rings. The molecule has 0 atom stereocenters. The predicted octanol–water partition coefficient (Wildman–Crippen LogP) is 3.44. The number of hydrogen-bond acceptors (Lipinski definition) is 7. The minimum Gasteiger partial charge on any atom is -0.497 e. The van der Waals surface area contributed by atoms with Crippen molar-refractivity contribution in [3.63, 3.8) is 0 Å². The molecule has 0 saturated carbocycles. The summed E-state index contributed by atoms with van der Waals surface area (Å²) in [6.45, 7) is 2.31. The first-order valence-electron chi connectivity index (χ1n) is 12.7.